The Kier molecular flexibility index (Phi) is 4.34. The molecule has 0 aromatic heterocycles. The zero-order valence-electron chi connectivity index (χ0n) is 11.2. The number of methoxy groups -OCH3 is 2. The second-order valence-electron chi connectivity index (χ2n) is 4.38. The molecule has 7 heteroatoms. The van der Waals surface area contributed by atoms with Crippen molar-refractivity contribution in [2.45, 2.75) is 6.42 Å². The normalized spacial score (nSPS) is 17.6. The molecule has 1 aromatic rings. The Hall–Kier alpha value is -1.95. The quantitative estimate of drug-likeness (QED) is 0.881. The van der Waals surface area contributed by atoms with Crippen molar-refractivity contribution >= 4 is 29.1 Å². The van der Waals surface area contributed by atoms with Gasteiger partial charge in [-0.05, 0) is 6.07 Å². The molecule has 1 aliphatic rings. The maximum Gasteiger partial charge on any atom is 0.229 e. The SMILES string of the molecule is COc1cc(OC)c(NC(=O)C2CNC(=O)C2)cc1Cl. The van der Waals surface area contributed by atoms with E-state index in [-0.39, 0.29) is 24.2 Å². The van der Waals surface area contributed by atoms with Gasteiger partial charge in [-0.2, -0.15) is 0 Å². The summed E-state index contributed by atoms with van der Waals surface area (Å²) in [6, 6.07) is 3.15. The van der Waals surface area contributed by atoms with Crippen LogP contribution < -0.4 is 20.1 Å². The number of carbonyl (C=O) groups is 2. The largest absolute Gasteiger partial charge is 0.495 e. The van der Waals surface area contributed by atoms with Crippen LogP contribution in [0.15, 0.2) is 12.1 Å². The average molecular weight is 299 g/mol. The minimum absolute atomic E-state index is 0.120. The van der Waals surface area contributed by atoms with Crippen LogP contribution in [0.3, 0.4) is 0 Å². The van der Waals surface area contributed by atoms with Crippen LogP contribution >= 0.6 is 11.6 Å². The minimum Gasteiger partial charge on any atom is -0.495 e. The van der Waals surface area contributed by atoms with Crippen LogP contribution in [0.2, 0.25) is 5.02 Å². The molecule has 1 atom stereocenters. The second kappa shape index (κ2) is 6.00. The van der Waals surface area contributed by atoms with Gasteiger partial charge in [-0.3, -0.25) is 9.59 Å². The summed E-state index contributed by atoms with van der Waals surface area (Å²) in [5, 5.41) is 5.70. The van der Waals surface area contributed by atoms with Crippen LogP contribution in [0.4, 0.5) is 5.69 Å². The fraction of sp³-hybridized carbons (Fsp3) is 0.385. The number of halogens is 1. The van der Waals surface area contributed by atoms with Gasteiger partial charge in [0, 0.05) is 19.0 Å². The number of amides is 2. The van der Waals surface area contributed by atoms with Gasteiger partial charge in [0.15, 0.2) is 0 Å². The van der Waals surface area contributed by atoms with Gasteiger partial charge < -0.3 is 20.1 Å². The first-order valence-corrected chi connectivity index (χ1v) is 6.42. The molecule has 2 rings (SSSR count). The van der Waals surface area contributed by atoms with Gasteiger partial charge in [-0.1, -0.05) is 11.6 Å². The van der Waals surface area contributed by atoms with E-state index in [9.17, 15) is 9.59 Å². The molecule has 20 heavy (non-hydrogen) atoms. The molecular weight excluding hydrogens is 284 g/mol. The van der Waals surface area contributed by atoms with Crippen LogP contribution in [0.25, 0.3) is 0 Å². The van der Waals surface area contributed by atoms with E-state index in [4.69, 9.17) is 21.1 Å². The Morgan fingerprint density at radius 1 is 1.35 bits per heavy atom. The van der Waals surface area contributed by atoms with E-state index < -0.39 is 0 Å². The lowest BCUT2D eigenvalue weighted by molar-refractivity contribution is -0.123. The third-order valence-corrected chi connectivity index (χ3v) is 3.38. The number of anilines is 1. The van der Waals surface area contributed by atoms with Crippen molar-refractivity contribution in [2.24, 2.45) is 5.92 Å². The number of nitrogens with one attached hydrogen (secondary N) is 2. The molecule has 1 aliphatic heterocycles. The van der Waals surface area contributed by atoms with E-state index in [1.54, 1.807) is 12.1 Å². The van der Waals surface area contributed by atoms with E-state index in [0.717, 1.165) is 0 Å². The van der Waals surface area contributed by atoms with E-state index >= 15 is 0 Å². The molecule has 6 nitrogen and oxygen atoms in total. The lowest BCUT2D eigenvalue weighted by atomic mass is 10.1. The van der Waals surface area contributed by atoms with Gasteiger partial charge in [0.05, 0.1) is 30.8 Å². The molecule has 1 saturated heterocycles. The summed E-state index contributed by atoms with van der Waals surface area (Å²) < 4.78 is 10.3. The molecule has 0 spiro atoms. The molecule has 1 heterocycles. The number of rotatable bonds is 4. The van der Waals surface area contributed by atoms with Crippen molar-refractivity contribution in [1.29, 1.82) is 0 Å². The van der Waals surface area contributed by atoms with Crippen LogP contribution in [-0.4, -0.2) is 32.6 Å². The van der Waals surface area contributed by atoms with Gasteiger partial charge in [-0.15, -0.1) is 0 Å². The van der Waals surface area contributed by atoms with Gasteiger partial charge in [0.2, 0.25) is 11.8 Å². The smallest absolute Gasteiger partial charge is 0.229 e. The number of benzene rings is 1. The molecule has 0 saturated carbocycles. The first-order valence-electron chi connectivity index (χ1n) is 6.04. The monoisotopic (exact) mass is 298 g/mol. The molecule has 2 N–H and O–H groups in total. The van der Waals surface area contributed by atoms with E-state index in [2.05, 4.69) is 10.6 Å². The third-order valence-electron chi connectivity index (χ3n) is 3.08. The molecule has 1 fully saturated rings. The van der Waals surface area contributed by atoms with Gasteiger partial charge in [0.25, 0.3) is 0 Å². The maximum absolute atomic E-state index is 12.1. The van der Waals surface area contributed by atoms with Gasteiger partial charge in [-0.25, -0.2) is 0 Å². The average Bonchev–Trinajstić information content (AvgIpc) is 2.86. The molecule has 0 bridgehead atoms. The van der Waals surface area contributed by atoms with E-state index in [0.29, 0.717) is 28.8 Å². The van der Waals surface area contributed by atoms with Crippen LogP contribution in [0.1, 0.15) is 6.42 Å². The summed E-state index contributed by atoms with van der Waals surface area (Å²) >= 11 is 6.03. The van der Waals surface area contributed by atoms with Crippen molar-refractivity contribution in [2.75, 3.05) is 26.1 Å². The van der Waals surface area contributed by atoms with E-state index in [1.807, 2.05) is 0 Å². The van der Waals surface area contributed by atoms with Crippen molar-refractivity contribution in [3.63, 3.8) is 0 Å². The molecule has 0 aliphatic carbocycles. The highest BCUT2D eigenvalue weighted by atomic mass is 35.5. The van der Waals surface area contributed by atoms with Crippen LogP contribution in [0.5, 0.6) is 11.5 Å². The topological polar surface area (TPSA) is 76.7 Å². The van der Waals surface area contributed by atoms with Crippen molar-refractivity contribution in [1.82, 2.24) is 5.32 Å². The molecular formula is C13H15ClN2O4. The van der Waals surface area contributed by atoms with Crippen LogP contribution in [0, 0.1) is 5.92 Å². The number of hydrogen-bond donors (Lipinski definition) is 2. The number of hydrogen-bond acceptors (Lipinski definition) is 4. The van der Waals surface area contributed by atoms with E-state index in [1.165, 1.54) is 14.2 Å². The van der Waals surface area contributed by atoms with Crippen molar-refractivity contribution in [3.05, 3.63) is 17.2 Å². The minimum atomic E-state index is -0.381. The Morgan fingerprint density at radius 2 is 2.05 bits per heavy atom. The summed E-state index contributed by atoms with van der Waals surface area (Å²) in [5.74, 6) is 0.150. The zero-order chi connectivity index (χ0) is 14.7. The standard InChI is InChI=1S/C13H15ClN2O4/c1-19-10-5-11(20-2)9(4-8(10)14)16-13(18)7-3-12(17)15-6-7/h4-5,7H,3,6H2,1-2H3,(H,15,17)(H,16,18). The fourth-order valence-corrected chi connectivity index (χ4v) is 2.22. The highest BCUT2D eigenvalue weighted by molar-refractivity contribution is 6.32. The maximum atomic E-state index is 12.1. The Balaban J connectivity index is 2.18. The third kappa shape index (κ3) is 2.96. The Morgan fingerprint density at radius 3 is 2.60 bits per heavy atom. The van der Waals surface area contributed by atoms with Crippen LogP contribution in [-0.2, 0) is 9.59 Å². The first kappa shape index (κ1) is 14.5. The molecule has 2 amide bonds. The number of ether oxygens (including phenoxy) is 2. The molecule has 0 radical (unpaired) electrons. The van der Waals surface area contributed by atoms with Gasteiger partial charge >= 0.3 is 0 Å². The predicted octanol–water partition coefficient (Wildman–Crippen LogP) is 1.43. The highest BCUT2D eigenvalue weighted by Crippen LogP contribution is 2.36. The Labute approximate surface area is 121 Å². The van der Waals surface area contributed by atoms with Crippen molar-refractivity contribution < 1.29 is 19.1 Å². The summed E-state index contributed by atoms with van der Waals surface area (Å²) in [7, 11) is 2.98. The molecule has 1 unspecified atom stereocenters. The first-order chi connectivity index (χ1) is 9.55. The fourth-order valence-electron chi connectivity index (χ4n) is 1.98. The predicted molar refractivity (Wildman–Crippen MR) is 74.3 cm³/mol. The molecule has 108 valence electrons. The summed E-state index contributed by atoms with van der Waals surface area (Å²) in [5.41, 5.74) is 0.447. The second-order valence-corrected chi connectivity index (χ2v) is 4.79. The summed E-state index contributed by atoms with van der Waals surface area (Å²) in [6.07, 6.45) is 0.192. The number of carbonyl (C=O) groups excluding carboxylic acids is 2. The summed E-state index contributed by atoms with van der Waals surface area (Å²) in [6.45, 7) is 0.344. The lowest BCUT2D eigenvalue weighted by Gasteiger charge is -2.14. The summed E-state index contributed by atoms with van der Waals surface area (Å²) in [4.78, 5) is 23.2. The van der Waals surface area contributed by atoms with Crippen molar-refractivity contribution in [3.8, 4) is 11.5 Å². The Bertz CT molecular complexity index is 547. The molecule has 1 aromatic carbocycles. The highest BCUT2D eigenvalue weighted by Gasteiger charge is 2.28. The lowest BCUT2D eigenvalue weighted by Crippen LogP contribution is -2.24. The van der Waals surface area contributed by atoms with Gasteiger partial charge in [0.1, 0.15) is 11.5 Å². The zero-order valence-corrected chi connectivity index (χ0v) is 11.9.